The fraction of sp³-hybridized carbons (Fsp3) is 0.231. The van der Waals surface area contributed by atoms with E-state index in [2.05, 4.69) is 5.32 Å². The van der Waals surface area contributed by atoms with E-state index in [4.69, 9.17) is 19.2 Å². The summed E-state index contributed by atoms with van der Waals surface area (Å²) in [6.07, 6.45) is 0. The number of amides is 1. The predicted octanol–water partition coefficient (Wildman–Crippen LogP) is 4.74. The summed E-state index contributed by atoms with van der Waals surface area (Å²) < 4.78 is 31.5. The van der Waals surface area contributed by atoms with E-state index in [1.807, 2.05) is 35.8 Å². The van der Waals surface area contributed by atoms with Crippen LogP contribution in [0.5, 0.6) is 17.2 Å². The first kappa shape index (κ1) is 23.1. The number of nitrogens with one attached hydrogen (secondary N) is 1. The number of nitrogens with zero attached hydrogens (tertiary/aromatic N) is 2. The summed E-state index contributed by atoms with van der Waals surface area (Å²) in [4.78, 5) is 17.9. The van der Waals surface area contributed by atoms with E-state index in [0.29, 0.717) is 35.2 Å². The molecule has 0 aliphatic heterocycles. The highest BCUT2D eigenvalue weighted by molar-refractivity contribution is 5.96. The number of imidazole rings is 1. The van der Waals surface area contributed by atoms with Crippen molar-refractivity contribution in [1.82, 2.24) is 14.9 Å². The van der Waals surface area contributed by atoms with Gasteiger partial charge in [-0.15, -0.1) is 0 Å². The van der Waals surface area contributed by atoms with Gasteiger partial charge in [0, 0.05) is 12.1 Å². The number of benzene rings is 3. The standard InChI is InChI=1S/C26H26FN3O4/c1-16(28-26(31)18-13-22(32-2)24(34-4)23(14-18)33-3)25-29-20-7-5-6-8-21(20)30(25)15-17-9-11-19(27)12-10-17/h5-14,16H,15H2,1-4H3,(H,28,31). The van der Waals surface area contributed by atoms with E-state index in [1.165, 1.54) is 33.5 Å². The molecule has 7 nitrogen and oxygen atoms in total. The SMILES string of the molecule is COc1cc(C(=O)NC(C)c2nc3ccccc3n2Cc2ccc(F)cc2)cc(OC)c1OC. The van der Waals surface area contributed by atoms with Gasteiger partial charge >= 0.3 is 0 Å². The minimum atomic E-state index is -0.417. The molecule has 4 rings (SSSR count). The largest absolute Gasteiger partial charge is 0.493 e. The molecule has 0 saturated heterocycles. The normalized spacial score (nSPS) is 11.8. The molecule has 3 aromatic carbocycles. The minimum absolute atomic E-state index is 0.287. The third kappa shape index (κ3) is 4.52. The van der Waals surface area contributed by atoms with Crippen molar-refractivity contribution in [3.8, 4) is 17.2 Å². The lowest BCUT2D eigenvalue weighted by Crippen LogP contribution is -2.29. The zero-order valence-corrected chi connectivity index (χ0v) is 19.5. The first-order valence-electron chi connectivity index (χ1n) is 10.8. The highest BCUT2D eigenvalue weighted by Crippen LogP contribution is 2.38. The van der Waals surface area contributed by atoms with Gasteiger partial charge in [0.15, 0.2) is 11.5 Å². The second kappa shape index (κ2) is 9.82. The minimum Gasteiger partial charge on any atom is -0.493 e. The van der Waals surface area contributed by atoms with Gasteiger partial charge in [0.1, 0.15) is 11.6 Å². The Balaban J connectivity index is 1.66. The highest BCUT2D eigenvalue weighted by Gasteiger charge is 2.22. The second-order valence-corrected chi connectivity index (χ2v) is 7.78. The third-order valence-corrected chi connectivity index (χ3v) is 5.60. The van der Waals surface area contributed by atoms with E-state index in [9.17, 15) is 9.18 Å². The summed E-state index contributed by atoms with van der Waals surface area (Å²) in [6, 6.07) is 16.9. The molecule has 1 aromatic heterocycles. The molecule has 0 aliphatic rings. The predicted molar refractivity (Wildman–Crippen MR) is 127 cm³/mol. The number of halogens is 1. The van der Waals surface area contributed by atoms with E-state index in [-0.39, 0.29) is 11.7 Å². The summed E-state index contributed by atoms with van der Waals surface area (Å²) in [7, 11) is 4.51. The average molecular weight is 464 g/mol. The summed E-state index contributed by atoms with van der Waals surface area (Å²) in [5.74, 6) is 1.28. The maximum atomic E-state index is 13.4. The zero-order valence-electron chi connectivity index (χ0n) is 19.5. The fourth-order valence-electron chi connectivity index (χ4n) is 3.92. The van der Waals surface area contributed by atoms with Crippen molar-refractivity contribution >= 4 is 16.9 Å². The summed E-state index contributed by atoms with van der Waals surface area (Å²) >= 11 is 0. The van der Waals surface area contributed by atoms with Crippen molar-refractivity contribution < 1.29 is 23.4 Å². The zero-order chi connectivity index (χ0) is 24.2. The monoisotopic (exact) mass is 463 g/mol. The van der Waals surface area contributed by atoms with E-state index < -0.39 is 6.04 Å². The van der Waals surface area contributed by atoms with Crippen LogP contribution < -0.4 is 19.5 Å². The smallest absolute Gasteiger partial charge is 0.252 e. The Bertz CT molecular complexity index is 1290. The molecule has 0 aliphatic carbocycles. The number of hydrogen-bond donors (Lipinski definition) is 1. The van der Waals surface area contributed by atoms with Gasteiger partial charge < -0.3 is 24.1 Å². The van der Waals surface area contributed by atoms with Gasteiger partial charge in [-0.2, -0.15) is 0 Å². The Morgan fingerprint density at radius 3 is 2.26 bits per heavy atom. The Morgan fingerprint density at radius 2 is 1.65 bits per heavy atom. The van der Waals surface area contributed by atoms with Gasteiger partial charge in [-0.25, -0.2) is 9.37 Å². The second-order valence-electron chi connectivity index (χ2n) is 7.78. The maximum absolute atomic E-state index is 13.4. The number of rotatable bonds is 8. The van der Waals surface area contributed by atoms with Crippen LogP contribution in [-0.2, 0) is 6.54 Å². The van der Waals surface area contributed by atoms with Crippen LogP contribution in [0, 0.1) is 5.82 Å². The van der Waals surface area contributed by atoms with Gasteiger partial charge in [0.2, 0.25) is 5.75 Å². The molecule has 4 aromatic rings. The van der Waals surface area contributed by atoms with Crippen LogP contribution in [0.3, 0.4) is 0 Å². The lowest BCUT2D eigenvalue weighted by Gasteiger charge is -2.18. The lowest BCUT2D eigenvalue weighted by molar-refractivity contribution is 0.0937. The number of aromatic nitrogens is 2. The number of carbonyl (C=O) groups is 1. The van der Waals surface area contributed by atoms with E-state index in [0.717, 1.165) is 16.6 Å². The molecule has 0 bridgehead atoms. The Morgan fingerprint density at radius 1 is 1.00 bits per heavy atom. The quantitative estimate of drug-likeness (QED) is 0.409. The molecule has 1 N–H and O–H groups in total. The van der Waals surface area contributed by atoms with Crippen LogP contribution in [0.15, 0.2) is 60.7 Å². The maximum Gasteiger partial charge on any atom is 0.252 e. The van der Waals surface area contributed by atoms with Crippen molar-refractivity contribution in [2.75, 3.05) is 21.3 Å². The van der Waals surface area contributed by atoms with Crippen LogP contribution in [0.1, 0.15) is 34.7 Å². The molecule has 176 valence electrons. The number of ether oxygens (including phenoxy) is 3. The fourth-order valence-corrected chi connectivity index (χ4v) is 3.92. The highest BCUT2D eigenvalue weighted by atomic mass is 19.1. The summed E-state index contributed by atoms with van der Waals surface area (Å²) in [6.45, 7) is 2.36. The molecule has 1 atom stereocenters. The molecule has 0 spiro atoms. The van der Waals surface area contributed by atoms with E-state index in [1.54, 1.807) is 24.3 Å². The van der Waals surface area contributed by atoms with Crippen molar-refractivity contribution in [2.45, 2.75) is 19.5 Å². The molecule has 1 amide bonds. The van der Waals surface area contributed by atoms with Gasteiger partial charge in [-0.3, -0.25) is 4.79 Å². The molecule has 0 radical (unpaired) electrons. The number of methoxy groups -OCH3 is 3. The third-order valence-electron chi connectivity index (χ3n) is 5.60. The molecular formula is C26H26FN3O4. The van der Waals surface area contributed by atoms with Crippen LogP contribution >= 0.6 is 0 Å². The van der Waals surface area contributed by atoms with Crippen molar-refractivity contribution in [1.29, 1.82) is 0 Å². The molecular weight excluding hydrogens is 437 g/mol. The molecule has 0 fully saturated rings. The molecule has 1 heterocycles. The van der Waals surface area contributed by atoms with Gasteiger partial charge in [0.25, 0.3) is 5.91 Å². The average Bonchev–Trinajstić information content (AvgIpc) is 3.22. The van der Waals surface area contributed by atoms with Gasteiger partial charge in [-0.05, 0) is 48.9 Å². The lowest BCUT2D eigenvalue weighted by atomic mass is 10.1. The Hall–Kier alpha value is -4.07. The molecule has 34 heavy (non-hydrogen) atoms. The molecule has 0 saturated carbocycles. The summed E-state index contributed by atoms with van der Waals surface area (Å²) in [5.41, 5.74) is 3.03. The first-order valence-corrected chi connectivity index (χ1v) is 10.8. The topological polar surface area (TPSA) is 74.6 Å². The number of fused-ring (bicyclic) bond motifs is 1. The van der Waals surface area contributed by atoms with Crippen LogP contribution in [0.25, 0.3) is 11.0 Å². The van der Waals surface area contributed by atoms with Crippen LogP contribution in [-0.4, -0.2) is 36.8 Å². The van der Waals surface area contributed by atoms with Crippen LogP contribution in [0.2, 0.25) is 0 Å². The molecule has 1 unspecified atom stereocenters. The van der Waals surface area contributed by atoms with Gasteiger partial charge in [0.05, 0.1) is 38.4 Å². The number of para-hydroxylation sites is 2. The van der Waals surface area contributed by atoms with E-state index >= 15 is 0 Å². The molecule has 8 heteroatoms. The Labute approximate surface area is 197 Å². The van der Waals surface area contributed by atoms with Gasteiger partial charge in [-0.1, -0.05) is 24.3 Å². The Kier molecular flexibility index (Phi) is 6.67. The number of hydrogen-bond acceptors (Lipinski definition) is 5. The van der Waals surface area contributed by atoms with Crippen LogP contribution in [0.4, 0.5) is 4.39 Å². The summed E-state index contributed by atoms with van der Waals surface area (Å²) in [5, 5.41) is 3.01. The van der Waals surface area contributed by atoms with Crippen molar-refractivity contribution in [3.05, 3.63) is 83.4 Å². The van der Waals surface area contributed by atoms with Crippen molar-refractivity contribution in [3.63, 3.8) is 0 Å². The van der Waals surface area contributed by atoms with Crippen molar-refractivity contribution in [2.24, 2.45) is 0 Å². The first-order chi connectivity index (χ1) is 16.4. The number of carbonyl (C=O) groups excluding carboxylic acids is 1.